The molecule has 1 aromatic rings. The van der Waals surface area contributed by atoms with Gasteiger partial charge in [0.15, 0.2) is 11.6 Å². The van der Waals surface area contributed by atoms with Crippen LogP contribution in [0.4, 0.5) is 8.78 Å². The molecule has 1 rings (SSSR count). The van der Waals surface area contributed by atoms with Gasteiger partial charge < -0.3 is 5.11 Å². The van der Waals surface area contributed by atoms with Gasteiger partial charge in [0.2, 0.25) is 0 Å². The van der Waals surface area contributed by atoms with Crippen molar-refractivity contribution < 1.29 is 18.7 Å². The van der Waals surface area contributed by atoms with Gasteiger partial charge in [0.25, 0.3) is 0 Å². The van der Waals surface area contributed by atoms with Crippen LogP contribution < -0.4 is 5.30 Å². The number of benzene rings is 1. The second kappa shape index (κ2) is 5.17. The first-order chi connectivity index (χ1) is 7.00. The Labute approximate surface area is 88.5 Å². The maximum atomic E-state index is 12.9. The number of hydrogen-bond donors (Lipinski definition) is 1. The molecule has 0 radical (unpaired) electrons. The summed E-state index contributed by atoms with van der Waals surface area (Å²) in [5, 5.41) is 8.57. The summed E-state index contributed by atoms with van der Waals surface area (Å²) in [6.07, 6.45) is 0.889. The van der Waals surface area contributed by atoms with Crippen LogP contribution in [0.1, 0.15) is 18.4 Å². The maximum absolute atomic E-state index is 12.9. The number of aliphatic carboxylic acids is 1. The van der Waals surface area contributed by atoms with E-state index in [1.54, 1.807) is 0 Å². The maximum Gasteiger partial charge on any atom is 0.303 e. The molecule has 0 aliphatic rings. The fourth-order valence-corrected chi connectivity index (χ4v) is 1.61. The van der Waals surface area contributed by atoms with Gasteiger partial charge in [-0.15, -0.1) is 9.24 Å². The number of halogens is 2. The Bertz CT molecular complexity index is 357. The number of hydrogen-bond acceptors (Lipinski definition) is 1. The van der Waals surface area contributed by atoms with Crippen LogP contribution in [-0.4, -0.2) is 11.1 Å². The molecular weight excluding hydrogens is 221 g/mol. The fourth-order valence-electron chi connectivity index (χ4n) is 1.26. The molecule has 0 heterocycles. The third kappa shape index (κ3) is 3.56. The van der Waals surface area contributed by atoms with Crippen LogP contribution in [0.2, 0.25) is 0 Å². The first-order valence-corrected chi connectivity index (χ1v) is 5.03. The first kappa shape index (κ1) is 12.1. The van der Waals surface area contributed by atoms with Gasteiger partial charge in [-0.3, -0.25) is 4.79 Å². The third-order valence-corrected chi connectivity index (χ3v) is 2.39. The predicted molar refractivity (Wildman–Crippen MR) is 56.3 cm³/mol. The van der Waals surface area contributed by atoms with Crippen molar-refractivity contribution in [2.75, 3.05) is 0 Å². The van der Waals surface area contributed by atoms with Gasteiger partial charge in [0.1, 0.15) is 0 Å². The van der Waals surface area contributed by atoms with Crippen molar-refractivity contribution in [2.24, 2.45) is 0 Å². The quantitative estimate of drug-likeness (QED) is 0.804. The second-order valence-electron chi connectivity index (χ2n) is 3.23. The second-order valence-corrected chi connectivity index (χ2v) is 3.85. The van der Waals surface area contributed by atoms with E-state index in [1.807, 2.05) is 0 Å². The third-order valence-electron chi connectivity index (χ3n) is 1.97. The molecule has 0 bridgehead atoms. The number of aryl methyl sites for hydroxylation is 1. The van der Waals surface area contributed by atoms with Crippen LogP contribution in [-0.2, 0) is 11.2 Å². The monoisotopic (exact) mass is 232 g/mol. The van der Waals surface area contributed by atoms with Crippen LogP contribution in [0, 0.1) is 11.6 Å². The van der Waals surface area contributed by atoms with Crippen molar-refractivity contribution in [1.82, 2.24) is 0 Å². The highest BCUT2D eigenvalue weighted by Crippen LogP contribution is 2.11. The molecule has 5 heteroatoms. The number of carboxylic acids is 1. The van der Waals surface area contributed by atoms with Gasteiger partial charge in [-0.2, -0.15) is 0 Å². The van der Waals surface area contributed by atoms with E-state index in [0.29, 0.717) is 18.4 Å². The zero-order valence-corrected chi connectivity index (χ0v) is 9.12. The zero-order chi connectivity index (χ0) is 11.4. The van der Waals surface area contributed by atoms with Crippen LogP contribution >= 0.6 is 9.24 Å². The standard InChI is InChI=1S/C10H11F2O2P/c11-7-4-6(2-1-3-9(13)14)5-8(15)10(7)12/h4-5H,1-3,15H2,(H,13,14). The molecule has 1 atom stereocenters. The number of carbonyl (C=O) groups is 1. The summed E-state index contributed by atoms with van der Waals surface area (Å²) in [6.45, 7) is 0. The summed E-state index contributed by atoms with van der Waals surface area (Å²) in [5.41, 5.74) is 0.611. The Balaban J connectivity index is 2.66. The molecule has 0 saturated heterocycles. The lowest BCUT2D eigenvalue weighted by molar-refractivity contribution is -0.137. The normalized spacial score (nSPS) is 10.3. The Morgan fingerprint density at radius 2 is 2.07 bits per heavy atom. The van der Waals surface area contributed by atoms with E-state index in [2.05, 4.69) is 9.24 Å². The average Bonchev–Trinajstić information content (AvgIpc) is 2.13. The molecule has 0 spiro atoms. The first-order valence-electron chi connectivity index (χ1n) is 4.46. The van der Waals surface area contributed by atoms with Crippen molar-refractivity contribution in [3.63, 3.8) is 0 Å². The Kier molecular flexibility index (Phi) is 4.15. The van der Waals surface area contributed by atoms with Gasteiger partial charge >= 0.3 is 5.97 Å². The van der Waals surface area contributed by atoms with E-state index in [9.17, 15) is 13.6 Å². The molecule has 15 heavy (non-hydrogen) atoms. The summed E-state index contributed by atoms with van der Waals surface area (Å²) in [7, 11) is 2.11. The molecule has 1 aromatic carbocycles. The van der Waals surface area contributed by atoms with Gasteiger partial charge in [-0.05, 0) is 30.5 Å². The minimum atomic E-state index is -0.896. The summed E-state index contributed by atoms with van der Waals surface area (Å²) in [5.74, 6) is -2.65. The smallest absolute Gasteiger partial charge is 0.303 e. The molecule has 0 aliphatic carbocycles. The van der Waals surface area contributed by atoms with Gasteiger partial charge in [-0.25, -0.2) is 8.78 Å². The summed E-state index contributed by atoms with van der Waals surface area (Å²) in [6, 6.07) is 2.61. The van der Waals surface area contributed by atoms with E-state index in [4.69, 9.17) is 5.11 Å². The molecule has 0 fully saturated rings. The molecule has 0 aromatic heterocycles. The number of rotatable bonds is 4. The Hall–Kier alpha value is -1.02. The summed E-state index contributed by atoms with van der Waals surface area (Å²) >= 11 is 0. The summed E-state index contributed by atoms with van der Waals surface area (Å²) in [4.78, 5) is 10.2. The minimum absolute atomic E-state index is 0.0329. The molecular formula is C10H11F2O2P. The van der Waals surface area contributed by atoms with Crippen molar-refractivity contribution in [3.05, 3.63) is 29.3 Å². The largest absolute Gasteiger partial charge is 0.481 e. The molecule has 0 saturated carbocycles. The van der Waals surface area contributed by atoms with Crippen LogP contribution in [0.25, 0.3) is 0 Å². The van der Waals surface area contributed by atoms with Gasteiger partial charge in [-0.1, -0.05) is 0 Å². The van der Waals surface area contributed by atoms with E-state index in [-0.39, 0.29) is 11.7 Å². The highest BCUT2D eigenvalue weighted by Gasteiger charge is 2.07. The van der Waals surface area contributed by atoms with E-state index >= 15 is 0 Å². The highest BCUT2D eigenvalue weighted by atomic mass is 31.0. The molecule has 82 valence electrons. The molecule has 2 nitrogen and oxygen atoms in total. The topological polar surface area (TPSA) is 37.3 Å². The molecule has 0 aliphatic heterocycles. The van der Waals surface area contributed by atoms with E-state index in [0.717, 1.165) is 6.07 Å². The van der Waals surface area contributed by atoms with E-state index in [1.165, 1.54) is 6.07 Å². The summed E-state index contributed by atoms with van der Waals surface area (Å²) < 4.78 is 25.8. The van der Waals surface area contributed by atoms with Crippen LogP contribution in [0.3, 0.4) is 0 Å². The van der Waals surface area contributed by atoms with Crippen molar-refractivity contribution >= 4 is 20.5 Å². The van der Waals surface area contributed by atoms with Crippen molar-refractivity contribution in [2.45, 2.75) is 19.3 Å². The van der Waals surface area contributed by atoms with Crippen LogP contribution in [0.15, 0.2) is 12.1 Å². The SMILES string of the molecule is O=C(O)CCCc1cc(F)c(F)c(P)c1. The Morgan fingerprint density at radius 3 is 2.60 bits per heavy atom. The fraction of sp³-hybridized carbons (Fsp3) is 0.300. The highest BCUT2D eigenvalue weighted by molar-refractivity contribution is 7.27. The van der Waals surface area contributed by atoms with Gasteiger partial charge in [0, 0.05) is 11.7 Å². The van der Waals surface area contributed by atoms with Gasteiger partial charge in [0.05, 0.1) is 0 Å². The zero-order valence-electron chi connectivity index (χ0n) is 7.96. The van der Waals surface area contributed by atoms with E-state index < -0.39 is 17.6 Å². The average molecular weight is 232 g/mol. The predicted octanol–water partition coefficient (Wildman–Crippen LogP) is 1.87. The lowest BCUT2D eigenvalue weighted by Crippen LogP contribution is -2.05. The van der Waals surface area contributed by atoms with Crippen LogP contribution in [0.5, 0.6) is 0 Å². The molecule has 1 N–H and O–H groups in total. The molecule has 1 unspecified atom stereocenters. The minimum Gasteiger partial charge on any atom is -0.481 e. The lowest BCUT2D eigenvalue weighted by Gasteiger charge is -2.03. The lowest BCUT2D eigenvalue weighted by atomic mass is 10.1. The Morgan fingerprint density at radius 1 is 1.40 bits per heavy atom. The number of carboxylic acid groups (broad SMARTS) is 1. The van der Waals surface area contributed by atoms with Crippen molar-refractivity contribution in [3.8, 4) is 0 Å². The molecule has 0 amide bonds. The van der Waals surface area contributed by atoms with Crippen molar-refractivity contribution in [1.29, 1.82) is 0 Å².